The lowest BCUT2D eigenvalue weighted by molar-refractivity contribution is -0.128. The van der Waals surface area contributed by atoms with Gasteiger partial charge in [0, 0.05) is 6.04 Å². The van der Waals surface area contributed by atoms with E-state index in [0.717, 1.165) is 6.67 Å². The van der Waals surface area contributed by atoms with Crippen molar-refractivity contribution in [2.45, 2.75) is 44.6 Å². The van der Waals surface area contributed by atoms with Crippen LogP contribution in [0.3, 0.4) is 0 Å². The second kappa shape index (κ2) is 4.09. The van der Waals surface area contributed by atoms with E-state index >= 15 is 0 Å². The second-order valence-corrected chi connectivity index (χ2v) is 4.09. The van der Waals surface area contributed by atoms with Gasteiger partial charge in [-0.2, -0.15) is 0 Å². The van der Waals surface area contributed by atoms with Gasteiger partial charge >= 0.3 is 0 Å². The summed E-state index contributed by atoms with van der Waals surface area (Å²) in [6, 6.07) is 0.532. The average molecular weight is 182 g/mol. The van der Waals surface area contributed by atoms with Crippen molar-refractivity contribution in [3.8, 4) is 0 Å². The molecule has 1 aliphatic heterocycles. The van der Waals surface area contributed by atoms with E-state index in [2.05, 4.69) is 5.32 Å². The maximum absolute atomic E-state index is 11.4. The highest BCUT2D eigenvalue weighted by Crippen LogP contribution is 2.22. The highest BCUT2D eigenvalue weighted by Gasteiger charge is 2.27. The van der Waals surface area contributed by atoms with Gasteiger partial charge in [0.05, 0.1) is 13.2 Å². The van der Waals surface area contributed by atoms with Gasteiger partial charge in [-0.3, -0.25) is 10.1 Å². The van der Waals surface area contributed by atoms with E-state index in [9.17, 15) is 4.79 Å². The molecule has 2 fully saturated rings. The molecular weight excluding hydrogens is 164 g/mol. The Kier molecular flexibility index (Phi) is 2.83. The molecule has 0 radical (unpaired) electrons. The van der Waals surface area contributed by atoms with Crippen LogP contribution in [0.15, 0.2) is 0 Å². The van der Waals surface area contributed by atoms with Gasteiger partial charge in [-0.1, -0.05) is 25.7 Å². The summed E-state index contributed by atoms with van der Waals surface area (Å²) in [5, 5.41) is 3.12. The van der Waals surface area contributed by atoms with Crippen molar-refractivity contribution in [2.24, 2.45) is 0 Å². The first-order valence-electron chi connectivity index (χ1n) is 5.38. The van der Waals surface area contributed by atoms with Gasteiger partial charge in [0.15, 0.2) is 0 Å². The van der Waals surface area contributed by atoms with Gasteiger partial charge in [0.2, 0.25) is 5.91 Å². The third-order valence-corrected chi connectivity index (χ3v) is 3.14. The van der Waals surface area contributed by atoms with E-state index in [1.165, 1.54) is 38.5 Å². The van der Waals surface area contributed by atoms with Gasteiger partial charge in [0.1, 0.15) is 0 Å². The van der Waals surface area contributed by atoms with Crippen LogP contribution in [0.25, 0.3) is 0 Å². The lowest BCUT2D eigenvalue weighted by Gasteiger charge is -2.25. The van der Waals surface area contributed by atoms with Crippen LogP contribution in [0, 0.1) is 0 Å². The lowest BCUT2D eigenvalue weighted by Crippen LogP contribution is -2.36. The highest BCUT2D eigenvalue weighted by atomic mass is 16.2. The number of nitrogens with one attached hydrogen (secondary N) is 1. The Bertz CT molecular complexity index is 185. The molecule has 13 heavy (non-hydrogen) atoms. The van der Waals surface area contributed by atoms with Crippen molar-refractivity contribution in [1.29, 1.82) is 0 Å². The summed E-state index contributed by atoms with van der Waals surface area (Å²) in [4.78, 5) is 13.5. The van der Waals surface area contributed by atoms with Crippen LogP contribution < -0.4 is 5.32 Å². The monoisotopic (exact) mass is 182 g/mol. The molecule has 1 N–H and O–H groups in total. The minimum absolute atomic E-state index is 0.298. The number of nitrogens with zero attached hydrogens (tertiary/aromatic N) is 1. The van der Waals surface area contributed by atoms with Crippen molar-refractivity contribution < 1.29 is 4.79 Å². The zero-order valence-corrected chi connectivity index (χ0v) is 8.09. The molecule has 1 saturated carbocycles. The van der Waals surface area contributed by atoms with Crippen LogP contribution in [-0.4, -0.2) is 30.1 Å². The van der Waals surface area contributed by atoms with E-state index in [1.807, 2.05) is 4.90 Å². The number of carbonyl (C=O) groups excluding carboxylic acids is 1. The highest BCUT2D eigenvalue weighted by molar-refractivity contribution is 5.80. The van der Waals surface area contributed by atoms with Crippen molar-refractivity contribution in [3.63, 3.8) is 0 Å². The van der Waals surface area contributed by atoms with Gasteiger partial charge in [0.25, 0.3) is 0 Å². The van der Waals surface area contributed by atoms with E-state index in [4.69, 9.17) is 0 Å². The molecule has 1 saturated heterocycles. The first-order chi connectivity index (χ1) is 6.38. The predicted molar refractivity (Wildman–Crippen MR) is 51.2 cm³/mol. The maximum atomic E-state index is 11.4. The summed E-state index contributed by atoms with van der Waals surface area (Å²) >= 11 is 0. The van der Waals surface area contributed by atoms with E-state index in [1.54, 1.807) is 0 Å². The quantitative estimate of drug-likeness (QED) is 0.616. The Morgan fingerprint density at radius 2 is 1.85 bits per heavy atom. The minimum Gasteiger partial charge on any atom is -0.326 e. The van der Waals surface area contributed by atoms with Crippen LogP contribution in [0.1, 0.15) is 38.5 Å². The van der Waals surface area contributed by atoms with E-state index in [0.29, 0.717) is 18.5 Å². The molecule has 74 valence electrons. The molecule has 2 rings (SSSR count). The Morgan fingerprint density at radius 3 is 2.38 bits per heavy atom. The van der Waals surface area contributed by atoms with Crippen LogP contribution in [0.5, 0.6) is 0 Å². The Morgan fingerprint density at radius 1 is 1.15 bits per heavy atom. The minimum atomic E-state index is 0.298. The normalized spacial score (nSPS) is 26.5. The summed E-state index contributed by atoms with van der Waals surface area (Å²) in [5.74, 6) is 0.298. The molecule has 3 nitrogen and oxygen atoms in total. The summed E-state index contributed by atoms with van der Waals surface area (Å²) in [6.07, 6.45) is 7.74. The average Bonchev–Trinajstić information content (AvgIpc) is 2.43. The van der Waals surface area contributed by atoms with Crippen molar-refractivity contribution >= 4 is 5.91 Å². The van der Waals surface area contributed by atoms with Crippen molar-refractivity contribution in [2.75, 3.05) is 13.2 Å². The third kappa shape index (κ3) is 2.02. The maximum Gasteiger partial charge on any atom is 0.237 e. The number of hydrogen-bond acceptors (Lipinski definition) is 2. The molecule has 1 amide bonds. The van der Waals surface area contributed by atoms with Crippen LogP contribution >= 0.6 is 0 Å². The summed E-state index contributed by atoms with van der Waals surface area (Å²) in [7, 11) is 0. The van der Waals surface area contributed by atoms with Crippen LogP contribution in [-0.2, 0) is 4.79 Å². The summed E-state index contributed by atoms with van der Waals surface area (Å²) in [6.45, 7) is 1.33. The van der Waals surface area contributed by atoms with E-state index < -0.39 is 0 Å². The van der Waals surface area contributed by atoms with Crippen LogP contribution in [0.2, 0.25) is 0 Å². The second-order valence-electron chi connectivity index (χ2n) is 4.09. The Balaban J connectivity index is 1.93. The number of rotatable bonds is 1. The molecule has 0 unspecified atom stereocenters. The molecule has 0 spiro atoms. The van der Waals surface area contributed by atoms with Gasteiger partial charge in [-0.15, -0.1) is 0 Å². The molecule has 2 aliphatic rings. The molecule has 0 aromatic rings. The molecular formula is C10H18N2O. The summed E-state index contributed by atoms with van der Waals surface area (Å²) in [5.41, 5.74) is 0. The smallest absolute Gasteiger partial charge is 0.237 e. The molecule has 0 aromatic heterocycles. The van der Waals surface area contributed by atoms with Crippen molar-refractivity contribution in [1.82, 2.24) is 10.2 Å². The number of carbonyl (C=O) groups is 1. The fourth-order valence-electron chi connectivity index (χ4n) is 2.38. The molecule has 1 aliphatic carbocycles. The Hall–Kier alpha value is -0.570. The third-order valence-electron chi connectivity index (χ3n) is 3.14. The zero-order chi connectivity index (χ0) is 9.10. The van der Waals surface area contributed by atoms with Gasteiger partial charge in [-0.25, -0.2) is 0 Å². The fourth-order valence-corrected chi connectivity index (χ4v) is 2.38. The predicted octanol–water partition coefficient (Wildman–Crippen LogP) is 1.10. The Labute approximate surface area is 79.5 Å². The topological polar surface area (TPSA) is 32.3 Å². The number of amides is 1. The standard InChI is InChI=1S/C10H18N2O/c13-10-7-11-8-12(10)9-5-3-1-2-4-6-9/h9,11H,1-8H2. The largest absolute Gasteiger partial charge is 0.326 e. The zero-order valence-electron chi connectivity index (χ0n) is 8.09. The molecule has 0 aromatic carbocycles. The van der Waals surface area contributed by atoms with Gasteiger partial charge in [-0.05, 0) is 12.8 Å². The summed E-state index contributed by atoms with van der Waals surface area (Å²) < 4.78 is 0. The molecule has 3 heteroatoms. The van der Waals surface area contributed by atoms with Crippen LogP contribution in [0.4, 0.5) is 0 Å². The number of hydrogen-bond donors (Lipinski definition) is 1. The first-order valence-corrected chi connectivity index (χ1v) is 5.38. The van der Waals surface area contributed by atoms with Crippen molar-refractivity contribution in [3.05, 3.63) is 0 Å². The molecule has 0 atom stereocenters. The molecule has 0 bridgehead atoms. The fraction of sp³-hybridized carbons (Fsp3) is 0.900. The molecule has 1 heterocycles. The lowest BCUT2D eigenvalue weighted by atomic mass is 10.1. The van der Waals surface area contributed by atoms with Gasteiger partial charge < -0.3 is 4.90 Å². The SMILES string of the molecule is O=C1CNCN1C1CCCCCC1. The first kappa shape index (κ1) is 9.00. The van der Waals surface area contributed by atoms with E-state index in [-0.39, 0.29) is 0 Å².